The predicted molar refractivity (Wildman–Crippen MR) is 171 cm³/mol. The molecular weight excluding hydrogens is 661 g/mol. The zero-order valence-electron chi connectivity index (χ0n) is 23.4. The monoisotopic (exact) mass is 691 g/mol. The van der Waals surface area contributed by atoms with Gasteiger partial charge in [0.15, 0.2) is 0 Å². The number of pyridine rings is 2. The number of nitrogens with one attached hydrogen (secondary N) is 2. The molecule has 3 heterocycles. The summed E-state index contributed by atoms with van der Waals surface area (Å²) in [5.41, 5.74) is 3.75. The number of carboxylic acid groups (broad SMARTS) is 1. The average Bonchev–Trinajstić information content (AvgIpc) is 3.34. The Kier molecular flexibility index (Phi) is 9.72. The van der Waals surface area contributed by atoms with Crippen LogP contribution in [-0.2, 0) is 24.2 Å². The maximum Gasteiger partial charge on any atom is 0.405 e. The van der Waals surface area contributed by atoms with E-state index in [0.717, 1.165) is 37.0 Å². The van der Waals surface area contributed by atoms with Crippen LogP contribution in [0, 0.1) is 3.57 Å². The van der Waals surface area contributed by atoms with E-state index in [2.05, 4.69) is 54.0 Å². The molecule has 0 aliphatic heterocycles. The lowest BCUT2D eigenvalue weighted by molar-refractivity contribution is -0.123. The van der Waals surface area contributed by atoms with Crippen molar-refractivity contribution >= 4 is 45.6 Å². The molecule has 43 heavy (non-hydrogen) atoms. The van der Waals surface area contributed by atoms with E-state index in [1.54, 1.807) is 25.7 Å². The molecule has 0 unspecified atom stereocenters. The van der Waals surface area contributed by atoms with Crippen LogP contribution in [-0.4, -0.2) is 51.3 Å². The molecule has 220 valence electrons. The van der Waals surface area contributed by atoms with Crippen molar-refractivity contribution in [2.45, 2.75) is 25.4 Å². The second-order valence-corrected chi connectivity index (χ2v) is 11.0. The Morgan fingerprint density at radius 1 is 0.930 bits per heavy atom. The Hall–Kier alpha value is -4.65. The highest BCUT2D eigenvalue weighted by molar-refractivity contribution is 14.1. The van der Waals surface area contributed by atoms with E-state index in [4.69, 9.17) is 9.47 Å². The summed E-state index contributed by atoms with van der Waals surface area (Å²) < 4.78 is 14.6. The van der Waals surface area contributed by atoms with Gasteiger partial charge in [0.25, 0.3) is 0 Å². The van der Waals surface area contributed by atoms with E-state index in [1.165, 1.54) is 0 Å². The first-order chi connectivity index (χ1) is 20.9. The minimum Gasteiger partial charge on any atom is -0.497 e. The number of aromatic nitrogens is 3. The fourth-order valence-electron chi connectivity index (χ4n) is 4.69. The van der Waals surface area contributed by atoms with Gasteiger partial charge in [-0.25, -0.2) is 9.78 Å². The molecule has 0 bridgehead atoms. The number of hydrogen-bond donors (Lipinski definition) is 3. The molecule has 0 saturated heterocycles. The van der Waals surface area contributed by atoms with Crippen LogP contribution in [0.25, 0.3) is 11.0 Å². The number of nitrogens with zero attached hydrogens (tertiary/aromatic N) is 3. The molecule has 3 N–H and O–H groups in total. The van der Waals surface area contributed by atoms with Crippen LogP contribution >= 0.6 is 22.6 Å². The van der Waals surface area contributed by atoms with E-state index in [1.807, 2.05) is 66.7 Å². The lowest BCUT2D eigenvalue weighted by atomic mass is 10.0. The Morgan fingerprint density at radius 2 is 1.63 bits per heavy atom. The summed E-state index contributed by atoms with van der Waals surface area (Å²) in [6, 6.07) is 19.9. The molecule has 0 saturated carbocycles. The molecule has 2 amide bonds. The number of carbonyl (C=O) groups excluding carboxylic acids is 1. The molecule has 0 aliphatic rings. The molecule has 1 atom stereocenters. The minimum atomic E-state index is -1.26. The van der Waals surface area contributed by atoms with Gasteiger partial charge in [-0.15, -0.1) is 0 Å². The van der Waals surface area contributed by atoms with Crippen molar-refractivity contribution in [1.29, 1.82) is 0 Å². The number of carbonyl (C=O) groups is 2. The fourth-order valence-corrected chi connectivity index (χ4v) is 5.53. The molecule has 0 aliphatic carbocycles. The number of benzene rings is 2. The van der Waals surface area contributed by atoms with Crippen LogP contribution in [0.4, 0.5) is 4.79 Å². The van der Waals surface area contributed by atoms with Gasteiger partial charge in [-0.1, -0.05) is 24.3 Å². The highest BCUT2D eigenvalue weighted by Gasteiger charge is 2.21. The van der Waals surface area contributed by atoms with Crippen LogP contribution in [0.3, 0.4) is 0 Å². The van der Waals surface area contributed by atoms with Gasteiger partial charge in [0.1, 0.15) is 28.9 Å². The maximum atomic E-state index is 12.8. The van der Waals surface area contributed by atoms with Gasteiger partial charge in [-0.3, -0.25) is 9.78 Å². The number of hydrogen-bond acceptors (Lipinski definition) is 6. The Labute approximate surface area is 262 Å². The van der Waals surface area contributed by atoms with Crippen molar-refractivity contribution in [2.24, 2.45) is 0 Å². The van der Waals surface area contributed by atoms with Crippen molar-refractivity contribution < 1.29 is 24.2 Å². The molecule has 10 nitrogen and oxygen atoms in total. The van der Waals surface area contributed by atoms with Crippen molar-refractivity contribution in [3.8, 4) is 17.2 Å². The number of rotatable bonds is 12. The second-order valence-electron chi connectivity index (χ2n) is 9.81. The van der Waals surface area contributed by atoms with Gasteiger partial charge in [0.05, 0.1) is 12.5 Å². The molecule has 3 aromatic heterocycles. The number of fused-ring (bicyclic) bond motifs is 1. The van der Waals surface area contributed by atoms with E-state index in [9.17, 15) is 14.7 Å². The molecule has 0 spiro atoms. The lowest BCUT2D eigenvalue weighted by Crippen LogP contribution is -2.48. The number of halogens is 1. The molecule has 0 fully saturated rings. The number of methoxy groups -OCH3 is 1. The topological polar surface area (TPSA) is 128 Å². The summed E-state index contributed by atoms with van der Waals surface area (Å²) in [6.45, 7) is 1.03. The average molecular weight is 692 g/mol. The van der Waals surface area contributed by atoms with Crippen molar-refractivity contribution in [3.63, 3.8) is 0 Å². The first-order valence-corrected chi connectivity index (χ1v) is 14.7. The highest BCUT2D eigenvalue weighted by Crippen LogP contribution is 2.34. The van der Waals surface area contributed by atoms with E-state index < -0.39 is 12.1 Å². The molecule has 5 aromatic rings. The summed E-state index contributed by atoms with van der Waals surface area (Å²) in [5, 5.41) is 15.4. The SMILES string of the molecule is COc1ccc(Cn2cc(I)c3c(Oc4ccc(C[C@H](NC(=O)O)C(=O)NCCc5ccncc5)cc4)ccnc32)cc1. The van der Waals surface area contributed by atoms with Gasteiger partial charge in [-0.05, 0) is 88.2 Å². The van der Waals surface area contributed by atoms with Gasteiger partial charge in [0, 0.05) is 47.9 Å². The first-order valence-electron chi connectivity index (χ1n) is 13.6. The molecule has 5 rings (SSSR count). The van der Waals surface area contributed by atoms with Crippen molar-refractivity contribution in [3.05, 3.63) is 112 Å². The predicted octanol–water partition coefficient (Wildman–Crippen LogP) is 5.42. The number of amides is 2. The molecule has 0 radical (unpaired) electrons. The summed E-state index contributed by atoms with van der Waals surface area (Å²) in [4.78, 5) is 32.8. The Morgan fingerprint density at radius 3 is 2.33 bits per heavy atom. The Bertz CT molecular complexity index is 1690. The van der Waals surface area contributed by atoms with E-state index in [0.29, 0.717) is 31.0 Å². The summed E-state index contributed by atoms with van der Waals surface area (Å²) >= 11 is 2.29. The zero-order chi connectivity index (χ0) is 30.2. The third kappa shape index (κ3) is 7.80. The summed E-state index contributed by atoms with van der Waals surface area (Å²) in [7, 11) is 1.65. The Balaban J connectivity index is 1.25. The number of ether oxygens (including phenoxy) is 2. The molecule has 2 aromatic carbocycles. The normalized spacial score (nSPS) is 11.6. The standard InChI is InChI=1S/C32H30IN5O5/c1-42-24-6-4-23(5-7-24)19-38-20-26(33)29-28(13-17-35-30(29)38)43-25-8-2-22(3-9-25)18-27(37-32(40)41)31(39)36-16-12-21-10-14-34-15-11-21/h2-11,13-15,17,20,27,37H,12,16,18-19H2,1H3,(H,36,39)(H,40,41)/t27-/m0/s1. The van der Waals surface area contributed by atoms with Crippen molar-refractivity contribution in [1.82, 2.24) is 25.2 Å². The van der Waals surface area contributed by atoms with E-state index >= 15 is 0 Å². The zero-order valence-corrected chi connectivity index (χ0v) is 25.5. The van der Waals surface area contributed by atoms with Gasteiger partial charge in [-0.2, -0.15) is 0 Å². The van der Waals surface area contributed by atoms with Crippen LogP contribution in [0.2, 0.25) is 0 Å². The smallest absolute Gasteiger partial charge is 0.405 e. The highest BCUT2D eigenvalue weighted by atomic mass is 127. The van der Waals surface area contributed by atoms with Crippen LogP contribution in [0.5, 0.6) is 17.2 Å². The molecule has 11 heteroatoms. The maximum absolute atomic E-state index is 12.8. The first kappa shape index (κ1) is 29.8. The third-order valence-electron chi connectivity index (χ3n) is 6.85. The van der Waals surface area contributed by atoms with Crippen LogP contribution < -0.4 is 20.1 Å². The van der Waals surface area contributed by atoms with Gasteiger partial charge >= 0.3 is 6.09 Å². The van der Waals surface area contributed by atoms with Crippen molar-refractivity contribution in [2.75, 3.05) is 13.7 Å². The van der Waals surface area contributed by atoms with Crippen LogP contribution in [0.15, 0.2) is 91.5 Å². The minimum absolute atomic E-state index is 0.194. The third-order valence-corrected chi connectivity index (χ3v) is 7.67. The molecular formula is C32H30IN5O5. The van der Waals surface area contributed by atoms with E-state index in [-0.39, 0.29) is 12.3 Å². The lowest BCUT2D eigenvalue weighted by Gasteiger charge is -2.17. The largest absolute Gasteiger partial charge is 0.497 e. The summed E-state index contributed by atoms with van der Waals surface area (Å²) in [5.74, 6) is 1.71. The quantitative estimate of drug-likeness (QED) is 0.149. The van der Waals surface area contributed by atoms with Gasteiger partial charge < -0.3 is 29.8 Å². The fraction of sp³-hybridized carbons (Fsp3) is 0.188. The van der Waals surface area contributed by atoms with Gasteiger partial charge in [0.2, 0.25) is 5.91 Å². The second kappa shape index (κ2) is 14.0. The summed E-state index contributed by atoms with van der Waals surface area (Å²) in [6.07, 6.45) is 6.71. The van der Waals surface area contributed by atoms with Crippen LogP contribution in [0.1, 0.15) is 16.7 Å².